The molecule has 24 heavy (non-hydrogen) atoms. The lowest BCUT2D eigenvalue weighted by atomic mass is 10.1. The first-order valence-electron chi connectivity index (χ1n) is 7.81. The molecule has 0 saturated heterocycles. The van der Waals surface area contributed by atoms with E-state index in [4.69, 9.17) is 5.73 Å². The molecule has 0 unspecified atom stereocenters. The van der Waals surface area contributed by atoms with Crippen LogP contribution in [0.5, 0.6) is 0 Å². The molecule has 1 aliphatic heterocycles. The lowest BCUT2D eigenvalue weighted by Crippen LogP contribution is -2.25. The van der Waals surface area contributed by atoms with E-state index in [2.05, 4.69) is 16.4 Å². The molecule has 0 spiro atoms. The summed E-state index contributed by atoms with van der Waals surface area (Å²) >= 11 is 0. The minimum atomic E-state index is 0.0794. The van der Waals surface area contributed by atoms with Gasteiger partial charge in [-0.15, -0.1) is 5.10 Å². The molecule has 2 heterocycles. The molecule has 0 atom stereocenters. The van der Waals surface area contributed by atoms with Crippen molar-refractivity contribution in [2.75, 3.05) is 17.2 Å². The summed E-state index contributed by atoms with van der Waals surface area (Å²) in [6.07, 6.45) is 2.76. The van der Waals surface area contributed by atoms with E-state index in [0.717, 1.165) is 35.6 Å². The zero-order chi connectivity index (χ0) is 16.7. The predicted octanol–water partition coefficient (Wildman–Crippen LogP) is 2.43. The quantitative estimate of drug-likeness (QED) is 0.736. The molecule has 2 N–H and O–H groups in total. The molecule has 0 radical (unpaired) electrons. The van der Waals surface area contributed by atoms with Crippen molar-refractivity contribution in [2.24, 2.45) is 0 Å². The Morgan fingerprint density at radius 3 is 2.71 bits per heavy atom. The first-order chi connectivity index (χ1) is 11.6. The fourth-order valence-electron chi connectivity index (χ4n) is 3.04. The Kier molecular flexibility index (Phi) is 3.30. The summed E-state index contributed by atoms with van der Waals surface area (Å²) in [4.78, 5) is 13.4. The predicted molar refractivity (Wildman–Crippen MR) is 92.9 cm³/mol. The van der Waals surface area contributed by atoms with Gasteiger partial charge in [-0.25, -0.2) is 4.68 Å². The fraction of sp³-hybridized carbons (Fsp3) is 0.167. The highest BCUT2D eigenvalue weighted by Crippen LogP contribution is 2.31. The first-order valence-corrected chi connectivity index (χ1v) is 7.81. The van der Waals surface area contributed by atoms with Crippen molar-refractivity contribution >= 4 is 17.3 Å². The molecular weight excluding hydrogens is 302 g/mol. The van der Waals surface area contributed by atoms with Crippen LogP contribution < -0.4 is 10.6 Å². The summed E-state index contributed by atoms with van der Waals surface area (Å²) in [7, 11) is 0. The Balaban J connectivity index is 1.66. The second kappa shape index (κ2) is 5.49. The summed E-state index contributed by atoms with van der Waals surface area (Å²) in [5.41, 5.74) is 11.3. The number of rotatable bonds is 2. The minimum absolute atomic E-state index is 0.0794. The van der Waals surface area contributed by atoms with Crippen LogP contribution in [0.15, 0.2) is 48.7 Å². The molecule has 1 aliphatic rings. The fourth-order valence-corrected chi connectivity index (χ4v) is 3.04. The summed E-state index contributed by atoms with van der Waals surface area (Å²) in [5, 5.41) is 8.46. The molecule has 3 aromatic rings. The number of nitrogens with two attached hydrogens (primary N) is 1. The maximum Gasteiger partial charge on any atom is 0.223 e. The number of hydrogen-bond donors (Lipinski definition) is 1. The van der Waals surface area contributed by atoms with Gasteiger partial charge < -0.3 is 10.6 Å². The van der Waals surface area contributed by atoms with Crippen molar-refractivity contribution in [3.63, 3.8) is 0 Å². The second-order valence-electron chi connectivity index (χ2n) is 5.90. The Bertz CT molecular complexity index is 913. The maximum absolute atomic E-state index is 11.6. The maximum atomic E-state index is 11.6. The number of amides is 1. The van der Waals surface area contributed by atoms with Crippen molar-refractivity contribution in [1.29, 1.82) is 0 Å². The summed E-state index contributed by atoms with van der Waals surface area (Å²) in [6.45, 7) is 2.34. The number of nitrogen functional groups attached to an aromatic ring is 1. The molecule has 2 aromatic carbocycles. The zero-order valence-corrected chi connectivity index (χ0v) is 13.3. The van der Waals surface area contributed by atoms with E-state index < -0.39 is 0 Å². The third-order valence-corrected chi connectivity index (χ3v) is 4.30. The molecule has 0 aliphatic carbocycles. The monoisotopic (exact) mass is 319 g/mol. The number of carbonyl (C=O) groups excluding carboxylic acids is 1. The first kappa shape index (κ1) is 14.4. The van der Waals surface area contributed by atoms with Crippen LogP contribution in [0.1, 0.15) is 12.5 Å². The van der Waals surface area contributed by atoms with Gasteiger partial charge in [-0.1, -0.05) is 11.3 Å². The topological polar surface area (TPSA) is 77.0 Å². The molecule has 0 saturated carbocycles. The smallest absolute Gasteiger partial charge is 0.223 e. The van der Waals surface area contributed by atoms with Gasteiger partial charge in [0.2, 0.25) is 5.91 Å². The Hall–Kier alpha value is -3.15. The van der Waals surface area contributed by atoms with Gasteiger partial charge in [-0.3, -0.25) is 4.79 Å². The van der Waals surface area contributed by atoms with Crippen LogP contribution >= 0.6 is 0 Å². The van der Waals surface area contributed by atoms with Crippen LogP contribution in [0.25, 0.3) is 16.9 Å². The van der Waals surface area contributed by atoms with Gasteiger partial charge in [0.05, 0.1) is 11.9 Å². The van der Waals surface area contributed by atoms with E-state index in [1.807, 2.05) is 47.5 Å². The van der Waals surface area contributed by atoms with E-state index in [1.54, 1.807) is 11.6 Å². The van der Waals surface area contributed by atoms with Crippen molar-refractivity contribution in [3.8, 4) is 16.9 Å². The number of carbonyl (C=O) groups is 1. The molecule has 0 fully saturated rings. The van der Waals surface area contributed by atoms with E-state index in [9.17, 15) is 4.79 Å². The third kappa shape index (κ3) is 2.42. The zero-order valence-electron chi connectivity index (χ0n) is 13.3. The highest BCUT2D eigenvalue weighted by molar-refractivity contribution is 5.94. The van der Waals surface area contributed by atoms with E-state index >= 15 is 0 Å². The van der Waals surface area contributed by atoms with Crippen LogP contribution in [0, 0.1) is 0 Å². The number of fused-ring (bicyclic) bond motifs is 1. The van der Waals surface area contributed by atoms with E-state index in [0.29, 0.717) is 5.69 Å². The van der Waals surface area contributed by atoms with Crippen LogP contribution in [-0.4, -0.2) is 27.4 Å². The lowest BCUT2D eigenvalue weighted by Gasteiger charge is -2.14. The highest BCUT2D eigenvalue weighted by atomic mass is 16.2. The molecule has 1 aromatic heterocycles. The summed E-state index contributed by atoms with van der Waals surface area (Å²) in [6, 6.07) is 13.5. The van der Waals surface area contributed by atoms with Crippen LogP contribution in [-0.2, 0) is 11.2 Å². The largest absolute Gasteiger partial charge is 0.399 e. The summed E-state index contributed by atoms with van der Waals surface area (Å²) in [5.74, 6) is 0.0794. The van der Waals surface area contributed by atoms with Gasteiger partial charge >= 0.3 is 0 Å². The molecule has 4 rings (SSSR count). The molecule has 6 heteroatoms. The Morgan fingerprint density at radius 1 is 1.17 bits per heavy atom. The Labute approximate surface area is 139 Å². The normalized spacial score (nSPS) is 13.1. The SMILES string of the molecule is CC(=O)N1CCc2cc(-c3cn(-c4ccc(N)cc4)nn3)ccc21. The van der Waals surface area contributed by atoms with Gasteiger partial charge in [-0.2, -0.15) is 0 Å². The number of anilines is 2. The minimum Gasteiger partial charge on any atom is -0.399 e. The van der Waals surface area contributed by atoms with Gasteiger partial charge in [0.15, 0.2) is 0 Å². The van der Waals surface area contributed by atoms with Crippen molar-refractivity contribution in [2.45, 2.75) is 13.3 Å². The number of hydrogen-bond acceptors (Lipinski definition) is 4. The third-order valence-electron chi connectivity index (χ3n) is 4.30. The molecule has 6 nitrogen and oxygen atoms in total. The van der Waals surface area contributed by atoms with Crippen molar-refractivity contribution in [1.82, 2.24) is 15.0 Å². The van der Waals surface area contributed by atoms with Gasteiger partial charge in [0, 0.05) is 30.4 Å². The van der Waals surface area contributed by atoms with Gasteiger partial charge in [0.1, 0.15) is 5.69 Å². The van der Waals surface area contributed by atoms with E-state index in [1.165, 1.54) is 5.56 Å². The van der Waals surface area contributed by atoms with Crippen LogP contribution in [0.4, 0.5) is 11.4 Å². The van der Waals surface area contributed by atoms with Gasteiger partial charge in [-0.05, 0) is 48.4 Å². The number of benzene rings is 2. The van der Waals surface area contributed by atoms with Crippen LogP contribution in [0.2, 0.25) is 0 Å². The number of nitrogens with zero attached hydrogens (tertiary/aromatic N) is 4. The molecular formula is C18H17N5O. The van der Waals surface area contributed by atoms with Gasteiger partial charge in [0.25, 0.3) is 0 Å². The molecule has 0 bridgehead atoms. The average molecular weight is 319 g/mol. The van der Waals surface area contributed by atoms with E-state index in [-0.39, 0.29) is 5.91 Å². The highest BCUT2D eigenvalue weighted by Gasteiger charge is 2.22. The molecule has 1 amide bonds. The second-order valence-corrected chi connectivity index (χ2v) is 5.90. The van der Waals surface area contributed by atoms with Crippen molar-refractivity contribution < 1.29 is 4.79 Å². The van der Waals surface area contributed by atoms with Crippen molar-refractivity contribution in [3.05, 3.63) is 54.2 Å². The standard InChI is InChI=1S/C18H17N5O/c1-12(24)22-9-8-14-10-13(2-7-18(14)22)17-11-23(21-20-17)16-5-3-15(19)4-6-16/h2-7,10-11H,8-9,19H2,1H3. The summed E-state index contributed by atoms with van der Waals surface area (Å²) < 4.78 is 1.73. The lowest BCUT2D eigenvalue weighted by molar-refractivity contribution is -0.116. The average Bonchev–Trinajstić information content (AvgIpc) is 3.22. The molecule has 120 valence electrons. The Morgan fingerprint density at radius 2 is 1.96 bits per heavy atom. The van der Waals surface area contributed by atoms with Crippen LogP contribution in [0.3, 0.4) is 0 Å². The number of aromatic nitrogens is 3.